The summed E-state index contributed by atoms with van der Waals surface area (Å²) in [6.07, 6.45) is 5.37. The molecule has 0 aliphatic rings. The number of nitriles is 1. The molecule has 1 aromatic carbocycles. The Kier molecular flexibility index (Phi) is 6.60. The van der Waals surface area contributed by atoms with Crippen LogP contribution in [0.5, 0.6) is 5.75 Å². The van der Waals surface area contributed by atoms with Gasteiger partial charge in [-0.15, -0.1) is 0 Å². The van der Waals surface area contributed by atoms with Crippen LogP contribution in [0.25, 0.3) is 6.08 Å². The van der Waals surface area contributed by atoms with Crippen molar-refractivity contribution in [3.05, 3.63) is 35.9 Å². The Morgan fingerprint density at radius 2 is 2.11 bits per heavy atom. The zero-order valence-corrected chi connectivity index (χ0v) is 11.0. The fraction of sp³-hybridized carbons (Fsp3) is 0.400. The van der Waals surface area contributed by atoms with Crippen LogP contribution in [0.2, 0.25) is 0 Å². The summed E-state index contributed by atoms with van der Waals surface area (Å²) >= 11 is 0. The van der Waals surface area contributed by atoms with Crippen LogP contribution >= 0.6 is 0 Å². The second-order valence-corrected chi connectivity index (χ2v) is 4.12. The van der Waals surface area contributed by atoms with Crippen LogP contribution in [0.3, 0.4) is 0 Å². The monoisotopic (exact) mass is 244 g/mol. The maximum Gasteiger partial charge on any atom is 0.174 e. The van der Waals surface area contributed by atoms with E-state index in [9.17, 15) is 0 Å². The summed E-state index contributed by atoms with van der Waals surface area (Å²) in [5.74, 6) is 0.728. The number of hydrogen-bond donors (Lipinski definition) is 1. The van der Waals surface area contributed by atoms with Gasteiger partial charge in [-0.3, -0.25) is 0 Å². The van der Waals surface area contributed by atoms with E-state index in [1.165, 1.54) is 0 Å². The molecule has 0 aliphatic heterocycles. The molecule has 0 fully saturated rings. The summed E-state index contributed by atoms with van der Waals surface area (Å²) in [5, 5.41) is 11.8. The summed E-state index contributed by atoms with van der Waals surface area (Å²) in [5.41, 5.74) is 1.13. The van der Waals surface area contributed by atoms with Gasteiger partial charge in [0.15, 0.2) is 6.61 Å². The Morgan fingerprint density at radius 1 is 1.39 bits per heavy atom. The standard InChI is InChI=1S/C15H20N2O/c1-3-11-17-13(2)4-5-14-6-8-15(9-7-14)18-12-10-16/h4-9,13,17H,3,11-12H2,1-2H3/b5-4+. The van der Waals surface area contributed by atoms with Crippen molar-refractivity contribution in [3.8, 4) is 11.8 Å². The maximum absolute atomic E-state index is 8.41. The van der Waals surface area contributed by atoms with Gasteiger partial charge in [-0.25, -0.2) is 0 Å². The lowest BCUT2D eigenvalue weighted by Gasteiger charge is -2.07. The van der Waals surface area contributed by atoms with Crippen LogP contribution in [0.4, 0.5) is 0 Å². The number of nitrogens with one attached hydrogen (secondary N) is 1. The lowest BCUT2D eigenvalue weighted by atomic mass is 10.1. The summed E-state index contributed by atoms with van der Waals surface area (Å²) in [7, 11) is 0. The Labute approximate surface area is 109 Å². The van der Waals surface area contributed by atoms with Gasteiger partial charge in [0.05, 0.1) is 0 Å². The Hall–Kier alpha value is -1.79. The van der Waals surface area contributed by atoms with E-state index < -0.39 is 0 Å². The van der Waals surface area contributed by atoms with E-state index in [1.54, 1.807) is 0 Å². The van der Waals surface area contributed by atoms with Crippen molar-refractivity contribution in [1.29, 1.82) is 5.26 Å². The normalized spacial score (nSPS) is 12.3. The molecule has 0 amide bonds. The second kappa shape index (κ2) is 8.32. The van der Waals surface area contributed by atoms with Crippen molar-refractivity contribution < 1.29 is 4.74 Å². The average molecular weight is 244 g/mol. The van der Waals surface area contributed by atoms with Crippen LogP contribution in [-0.2, 0) is 0 Å². The first-order chi connectivity index (χ1) is 8.76. The van der Waals surface area contributed by atoms with E-state index in [-0.39, 0.29) is 6.61 Å². The van der Waals surface area contributed by atoms with Crippen LogP contribution in [0.1, 0.15) is 25.8 Å². The second-order valence-electron chi connectivity index (χ2n) is 4.12. The number of rotatable bonds is 7. The summed E-state index contributed by atoms with van der Waals surface area (Å²) in [6, 6.07) is 10.0. The first-order valence-electron chi connectivity index (χ1n) is 6.27. The van der Waals surface area contributed by atoms with Crippen molar-refractivity contribution in [2.75, 3.05) is 13.2 Å². The topological polar surface area (TPSA) is 45.0 Å². The maximum atomic E-state index is 8.41. The number of ether oxygens (including phenoxy) is 1. The molecule has 0 bridgehead atoms. The van der Waals surface area contributed by atoms with Crippen molar-refractivity contribution in [2.24, 2.45) is 0 Å². The minimum absolute atomic E-state index is 0.0904. The van der Waals surface area contributed by atoms with Gasteiger partial charge in [-0.05, 0) is 37.6 Å². The fourth-order valence-electron chi connectivity index (χ4n) is 1.49. The molecule has 1 atom stereocenters. The molecule has 0 heterocycles. The number of hydrogen-bond acceptors (Lipinski definition) is 3. The molecule has 96 valence electrons. The fourth-order valence-corrected chi connectivity index (χ4v) is 1.49. The molecule has 0 aliphatic carbocycles. The molecular weight excluding hydrogens is 224 g/mol. The molecule has 1 N–H and O–H groups in total. The molecule has 18 heavy (non-hydrogen) atoms. The van der Waals surface area contributed by atoms with E-state index in [4.69, 9.17) is 10.00 Å². The number of benzene rings is 1. The van der Waals surface area contributed by atoms with Gasteiger partial charge >= 0.3 is 0 Å². The van der Waals surface area contributed by atoms with Gasteiger partial charge in [-0.1, -0.05) is 31.2 Å². The predicted molar refractivity (Wildman–Crippen MR) is 74.3 cm³/mol. The molecular formula is C15H20N2O. The molecule has 1 aromatic rings. The zero-order valence-electron chi connectivity index (χ0n) is 11.0. The molecule has 3 heteroatoms. The Morgan fingerprint density at radius 3 is 2.72 bits per heavy atom. The van der Waals surface area contributed by atoms with Gasteiger partial charge in [0.2, 0.25) is 0 Å². The highest BCUT2D eigenvalue weighted by molar-refractivity contribution is 5.51. The highest BCUT2D eigenvalue weighted by Crippen LogP contribution is 2.13. The SMILES string of the molecule is CCCNC(C)/C=C/c1ccc(OCC#N)cc1. The van der Waals surface area contributed by atoms with E-state index in [0.29, 0.717) is 6.04 Å². The molecule has 1 rings (SSSR count). The van der Waals surface area contributed by atoms with E-state index >= 15 is 0 Å². The lowest BCUT2D eigenvalue weighted by molar-refractivity contribution is 0.368. The molecule has 0 spiro atoms. The molecule has 1 unspecified atom stereocenters. The van der Waals surface area contributed by atoms with Crippen LogP contribution in [0, 0.1) is 11.3 Å². The first-order valence-corrected chi connectivity index (χ1v) is 6.27. The third kappa shape index (κ3) is 5.51. The minimum Gasteiger partial charge on any atom is -0.479 e. The summed E-state index contributed by atoms with van der Waals surface area (Å²) in [4.78, 5) is 0. The van der Waals surface area contributed by atoms with Crippen molar-refractivity contribution >= 4 is 6.08 Å². The quantitative estimate of drug-likeness (QED) is 0.802. The Balaban J connectivity index is 2.47. The predicted octanol–water partition coefficient (Wildman–Crippen LogP) is 2.99. The van der Waals surface area contributed by atoms with Gasteiger partial charge in [0.25, 0.3) is 0 Å². The largest absolute Gasteiger partial charge is 0.479 e. The van der Waals surface area contributed by atoms with Gasteiger partial charge in [0.1, 0.15) is 11.8 Å². The summed E-state index contributed by atoms with van der Waals surface area (Å²) in [6.45, 7) is 5.42. The molecule has 0 saturated carbocycles. The molecule has 0 aromatic heterocycles. The van der Waals surface area contributed by atoms with Crippen molar-refractivity contribution in [3.63, 3.8) is 0 Å². The average Bonchev–Trinajstić information content (AvgIpc) is 2.41. The zero-order chi connectivity index (χ0) is 13.2. The smallest absolute Gasteiger partial charge is 0.174 e. The first kappa shape index (κ1) is 14.3. The molecule has 3 nitrogen and oxygen atoms in total. The summed E-state index contributed by atoms with van der Waals surface area (Å²) < 4.78 is 5.19. The highest BCUT2D eigenvalue weighted by Gasteiger charge is 1.95. The lowest BCUT2D eigenvalue weighted by Crippen LogP contribution is -2.24. The van der Waals surface area contributed by atoms with Gasteiger partial charge in [0, 0.05) is 6.04 Å². The minimum atomic E-state index is 0.0904. The van der Waals surface area contributed by atoms with Crippen molar-refractivity contribution in [1.82, 2.24) is 5.32 Å². The van der Waals surface area contributed by atoms with E-state index in [0.717, 1.165) is 24.3 Å². The van der Waals surface area contributed by atoms with Gasteiger partial charge < -0.3 is 10.1 Å². The third-order valence-electron chi connectivity index (χ3n) is 2.48. The number of nitrogens with zero attached hydrogens (tertiary/aromatic N) is 1. The third-order valence-corrected chi connectivity index (χ3v) is 2.48. The van der Waals surface area contributed by atoms with Crippen LogP contribution < -0.4 is 10.1 Å². The Bertz CT molecular complexity index is 403. The van der Waals surface area contributed by atoms with Crippen LogP contribution in [0.15, 0.2) is 30.3 Å². The highest BCUT2D eigenvalue weighted by atomic mass is 16.5. The van der Waals surface area contributed by atoms with Gasteiger partial charge in [-0.2, -0.15) is 5.26 Å². The van der Waals surface area contributed by atoms with E-state index in [1.807, 2.05) is 30.3 Å². The van der Waals surface area contributed by atoms with Crippen LogP contribution in [-0.4, -0.2) is 19.2 Å². The van der Waals surface area contributed by atoms with Crippen molar-refractivity contribution in [2.45, 2.75) is 26.3 Å². The molecule has 0 saturated heterocycles. The molecule has 0 radical (unpaired) electrons. The van der Waals surface area contributed by atoms with E-state index in [2.05, 4.69) is 31.3 Å².